The average molecular weight is 212 g/mol. The van der Waals surface area contributed by atoms with Crippen molar-refractivity contribution in [1.29, 1.82) is 0 Å². The molecule has 0 heterocycles. The van der Waals surface area contributed by atoms with Crippen LogP contribution in [0.25, 0.3) is 0 Å². The molecule has 1 saturated carbocycles. The van der Waals surface area contributed by atoms with Gasteiger partial charge in [-0.1, -0.05) is 0 Å². The molecule has 1 aliphatic rings. The van der Waals surface area contributed by atoms with Gasteiger partial charge in [0.1, 0.15) is 0 Å². The normalized spacial score (nSPS) is 33.9. The second kappa shape index (κ2) is 3.70. The maximum atomic E-state index is 12.4. The van der Waals surface area contributed by atoms with E-state index in [0.29, 0.717) is 12.8 Å². The van der Waals surface area contributed by atoms with E-state index in [9.17, 15) is 18.3 Å². The molecule has 0 aromatic rings. The number of aliphatic hydroxyl groups is 2. The van der Waals surface area contributed by atoms with Crippen molar-refractivity contribution in [2.75, 3.05) is 0 Å². The van der Waals surface area contributed by atoms with Crippen molar-refractivity contribution < 1.29 is 23.4 Å². The first-order chi connectivity index (χ1) is 6.25. The third-order valence-corrected chi connectivity index (χ3v) is 3.07. The quantitative estimate of drug-likeness (QED) is 0.696. The van der Waals surface area contributed by atoms with E-state index in [-0.39, 0.29) is 12.8 Å². The summed E-state index contributed by atoms with van der Waals surface area (Å²) >= 11 is 0. The van der Waals surface area contributed by atoms with Crippen molar-refractivity contribution in [2.24, 2.45) is 5.92 Å². The lowest BCUT2D eigenvalue weighted by Gasteiger charge is -2.37. The molecule has 0 bridgehead atoms. The first-order valence-corrected chi connectivity index (χ1v) is 4.72. The highest BCUT2D eigenvalue weighted by Gasteiger charge is 2.54. The molecule has 0 radical (unpaired) electrons. The molecule has 0 aromatic heterocycles. The lowest BCUT2D eigenvalue weighted by Crippen LogP contribution is -2.50. The molecule has 2 N–H and O–H groups in total. The fourth-order valence-corrected chi connectivity index (χ4v) is 1.87. The molecule has 0 saturated heterocycles. The van der Waals surface area contributed by atoms with Gasteiger partial charge >= 0.3 is 6.18 Å². The highest BCUT2D eigenvalue weighted by molar-refractivity contribution is 4.91. The molecule has 14 heavy (non-hydrogen) atoms. The van der Waals surface area contributed by atoms with Gasteiger partial charge in [-0.25, -0.2) is 0 Å². The van der Waals surface area contributed by atoms with Crippen LogP contribution in [0.15, 0.2) is 0 Å². The lowest BCUT2D eigenvalue weighted by molar-refractivity contribution is -0.276. The predicted molar refractivity (Wildman–Crippen MR) is 44.6 cm³/mol. The van der Waals surface area contributed by atoms with Crippen LogP contribution in [0.4, 0.5) is 13.2 Å². The van der Waals surface area contributed by atoms with E-state index in [1.54, 1.807) is 0 Å². The Balaban J connectivity index is 2.65. The Morgan fingerprint density at radius 1 is 1.07 bits per heavy atom. The number of halogens is 3. The van der Waals surface area contributed by atoms with Gasteiger partial charge in [0, 0.05) is 0 Å². The van der Waals surface area contributed by atoms with E-state index in [0.717, 1.165) is 6.92 Å². The second-order valence-electron chi connectivity index (χ2n) is 4.15. The van der Waals surface area contributed by atoms with Crippen molar-refractivity contribution in [3.05, 3.63) is 0 Å². The molecule has 2 nitrogen and oxygen atoms in total. The van der Waals surface area contributed by atoms with E-state index in [1.165, 1.54) is 0 Å². The van der Waals surface area contributed by atoms with Gasteiger partial charge < -0.3 is 10.2 Å². The topological polar surface area (TPSA) is 40.5 Å². The molecule has 5 heteroatoms. The first-order valence-electron chi connectivity index (χ1n) is 4.72. The summed E-state index contributed by atoms with van der Waals surface area (Å²) in [5.41, 5.74) is -2.62. The van der Waals surface area contributed by atoms with Crippen LogP contribution in [0.2, 0.25) is 0 Å². The Hall–Kier alpha value is -0.290. The Labute approximate surface area is 80.7 Å². The molecule has 0 amide bonds. The molecule has 84 valence electrons. The second-order valence-corrected chi connectivity index (χ2v) is 4.15. The molecule has 0 aromatic carbocycles. The third-order valence-electron chi connectivity index (χ3n) is 3.07. The summed E-state index contributed by atoms with van der Waals surface area (Å²) in [5.74, 6) is -0.786. The molecule has 1 atom stereocenters. The first kappa shape index (κ1) is 11.8. The summed E-state index contributed by atoms with van der Waals surface area (Å²) in [4.78, 5) is 0. The monoisotopic (exact) mass is 212 g/mol. The SMILES string of the molecule is CC(O)(C1CCC(O)CC1)C(F)(F)F. The molecule has 1 fully saturated rings. The van der Waals surface area contributed by atoms with Gasteiger partial charge in [-0.2, -0.15) is 13.2 Å². The summed E-state index contributed by atoms with van der Waals surface area (Å²) in [6.07, 6.45) is -3.94. The summed E-state index contributed by atoms with van der Waals surface area (Å²) in [7, 11) is 0. The fraction of sp³-hybridized carbons (Fsp3) is 1.00. The Kier molecular flexibility index (Phi) is 3.11. The van der Waals surface area contributed by atoms with E-state index in [1.807, 2.05) is 0 Å². The predicted octanol–water partition coefficient (Wildman–Crippen LogP) is 1.85. The molecular formula is C9H15F3O2. The highest BCUT2D eigenvalue weighted by atomic mass is 19.4. The van der Waals surface area contributed by atoms with Crippen LogP contribution in [0, 0.1) is 5.92 Å². The van der Waals surface area contributed by atoms with Crippen molar-refractivity contribution in [1.82, 2.24) is 0 Å². The summed E-state index contributed by atoms with van der Waals surface area (Å²) in [6.45, 7) is 0.815. The van der Waals surface area contributed by atoms with Crippen molar-refractivity contribution >= 4 is 0 Å². The standard InChI is InChI=1S/C9H15F3O2/c1-8(14,9(10,11)12)6-2-4-7(13)5-3-6/h6-7,13-14H,2-5H2,1H3. The van der Waals surface area contributed by atoms with Gasteiger partial charge in [0.2, 0.25) is 0 Å². The van der Waals surface area contributed by atoms with Gasteiger partial charge in [0.05, 0.1) is 6.10 Å². The van der Waals surface area contributed by atoms with E-state index >= 15 is 0 Å². The number of alkyl halides is 3. The van der Waals surface area contributed by atoms with Crippen LogP contribution in [0.3, 0.4) is 0 Å². The highest BCUT2D eigenvalue weighted by Crippen LogP contribution is 2.42. The van der Waals surface area contributed by atoms with Crippen LogP contribution < -0.4 is 0 Å². The molecule has 1 aliphatic carbocycles. The summed E-state index contributed by atoms with van der Waals surface area (Å²) in [5, 5.41) is 18.5. The fourth-order valence-electron chi connectivity index (χ4n) is 1.87. The molecular weight excluding hydrogens is 197 g/mol. The minimum Gasteiger partial charge on any atom is -0.393 e. The van der Waals surface area contributed by atoms with E-state index < -0.39 is 23.8 Å². The Morgan fingerprint density at radius 3 is 1.86 bits per heavy atom. The van der Waals surface area contributed by atoms with Crippen LogP contribution in [0.5, 0.6) is 0 Å². The zero-order valence-electron chi connectivity index (χ0n) is 8.01. The molecule has 0 aliphatic heterocycles. The number of hydrogen-bond acceptors (Lipinski definition) is 2. The summed E-state index contributed by atoms with van der Waals surface area (Å²) in [6, 6.07) is 0. The number of aliphatic hydroxyl groups excluding tert-OH is 1. The van der Waals surface area contributed by atoms with Crippen molar-refractivity contribution in [3.8, 4) is 0 Å². The van der Waals surface area contributed by atoms with Crippen LogP contribution in [-0.2, 0) is 0 Å². The molecule has 1 unspecified atom stereocenters. The van der Waals surface area contributed by atoms with Crippen LogP contribution in [0.1, 0.15) is 32.6 Å². The minimum absolute atomic E-state index is 0.230. The van der Waals surface area contributed by atoms with E-state index in [2.05, 4.69) is 0 Å². The van der Waals surface area contributed by atoms with Crippen LogP contribution >= 0.6 is 0 Å². The maximum absolute atomic E-state index is 12.4. The largest absolute Gasteiger partial charge is 0.417 e. The van der Waals surface area contributed by atoms with Gasteiger partial charge in [-0.05, 0) is 38.5 Å². The van der Waals surface area contributed by atoms with Crippen molar-refractivity contribution in [3.63, 3.8) is 0 Å². The van der Waals surface area contributed by atoms with Crippen LogP contribution in [-0.4, -0.2) is 28.1 Å². The average Bonchev–Trinajstić information content (AvgIpc) is 2.03. The van der Waals surface area contributed by atoms with Gasteiger partial charge in [-0.3, -0.25) is 0 Å². The number of rotatable bonds is 1. The zero-order chi connectivity index (χ0) is 11.0. The molecule has 1 rings (SSSR count). The Bertz CT molecular complexity index is 193. The minimum atomic E-state index is -4.58. The zero-order valence-corrected chi connectivity index (χ0v) is 8.01. The maximum Gasteiger partial charge on any atom is 0.417 e. The Morgan fingerprint density at radius 2 is 1.50 bits per heavy atom. The molecule has 0 spiro atoms. The third kappa shape index (κ3) is 2.20. The van der Waals surface area contributed by atoms with Gasteiger partial charge in [0.25, 0.3) is 0 Å². The number of hydrogen-bond donors (Lipinski definition) is 2. The smallest absolute Gasteiger partial charge is 0.393 e. The van der Waals surface area contributed by atoms with Crippen molar-refractivity contribution in [2.45, 2.75) is 50.5 Å². The van der Waals surface area contributed by atoms with Gasteiger partial charge in [0.15, 0.2) is 5.60 Å². The summed E-state index contributed by atoms with van der Waals surface area (Å²) < 4.78 is 37.2. The van der Waals surface area contributed by atoms with Gasteiger partial charge in [-0.15, -0.1) is 0 Å². The lowest BCUT2D eigenvalue weighted by atomic mass is 9.76. The van der Waals surface area contributed by atoms with E-state index in [4.69, 9.17) is 5.11 Å².